The lowest BCUT2D eigenvalue weighted by molar-refractivity contribution is -0.133. The zero-order valence-corrected chi connectivity index (χ0v) is 20.0. The molecule has 3 rings (SSSR count). The lowest BCUT2D eigenvalue weighted by atomic mass is 10.1. The Morgan fingerprint density at radius 3 is 2.61 bits per heavy atom. The van der Waals surface area contributed by atoms with Crippen LogP contribution in [-0.2, 0) is 24.4 Å². The number of hydrogen-bond acceptors (Lipinski definition) is 4. The van der Waals surface area contributed by atoms with Gasteiger partial charge in [-0.25, -0.2) is 4.98 Å². The highest BCUT2D eigenvalue weighted by atomic mass is 32.1. The summed E-state index contributed by atoms with van der Waals surface area (Å²) in [5.41, 5.74) is 5.55. The number of rotatable bonds is 9. The lowest BCUT2D eigenvalue weighted by Crippen LogP contribution is -2.38. The molecule has 1 amide bonds. The Hall–Kier alpha value is -2.66. The quantitative estimate of drug-likeness (QED) is 0.412. The molecule has 3 aromatic rings. The Bertz CT molecular complexity index is 1010. The van der Waals surface area contributed by atoms with Gasteiger partial charge in [0, 0.05) is 11.4 Å². The van der Waals surface area contributed by atoms with Crippen molar-refractivity contribution in [2.24, 2.45) is 0 Å². The SMILES string of the molecule is CC[C@H](C)N(Cc1csc(COc2cc(C)cc(C)c2C)n1)C(=O)Cc1ccccc1. The van der Waals surface area contributed by atoms with Crippen molar-refractivity contribution in [2.45, 2.75) is 66.7 Å². The van der Waals surface area contributed by atoms with Gasteiger partial charge in [-0.2, -0.15) is 0 Å². The van der Waals surface area contributed by atoms with Crippen molar-refractivity contribution in [1.82, 2.24) is 9.88 Å². The number of benzene rings is 2. The Morgan fingerprint density at radius 1 is 1.16 bits per heavy atom. The normalized spacial score (nSPS) is 11.9. The first-order valence-electron chi connectivity index (χ1n) is 10.8. The highest BCUT2D eigenvalue weighted by Crippen LogP contribution is 2.25. The van der Waals surface area contributed by atoms with Crippen molar-refractivity contribution in [1.29, 1.82) is 0 Å². The lowest BCUT2D eigenvalue weighted by Gasteiger charge is -2.28. The van der Waals surface area contributed by atoms with Crippen LogP contribution in [0.3, 0.4) is 0 Å². The van der Waals surface area contributed by atoms with Gasteiger partial charge in [-0.3, -0.25) is 4.79 Å². The summed E-state index contributed by atoms with van der Waals surface area (Å²) in [5, 5.41) is 2.96. The van der Waals surface area contributed by atoms with Crippen LogP contribution in [0.4, 0.5) is 0 Å². The predicted octanol–water partition coefficient (Wildman–Crippen LogP) is 6.02. The van der Waals surface area contributed by atoms with Gasteiger partial charge in [0.15, 0.2) is 0 Å². The van der Waals surface area contributed by atoms with Crippen LogP contribution in [0, 0.1) is 20.8 Å². The Balaban J connectivity index is 1.66. The van der Waals surface area contributed by atoms with E-state index in [9.17, 15) is 4.79 Å². The molecule has 0 unspecified atom stereocenters. The molecule has 5 heteroatoms. The van der Waals surface area contributed by atoms with Crippen LogP contribution in [0.2, 0.25) is 0 Å². The van der Waals surface area contributed by atoms with Gasteiger partial charge in [0.25, 0.3) is 0 Å². The Labute approximate surface area is 189 Å². The van der Waals surface area contributed by atoms with Gasteiger partial charge < -0.3 is 9.64 Å². The monoisotopic (exact) mass is 436 g/mol. The zero-order chi connectivity index (χ0) is 22.4. The fraction of sp³-hybridized carbons (Fsp3) is 0.385. The molecule has 0 bridgehead atoms. The molecular formula is C26H32N2O2S. The smallest absolute Gasteiger partial charge is 0.227 e. The number of amides is 1. The number of hydrogen-bond donors (Lipinski definition) is 0. The van der Waals surface area contributed by atoms with Gasteiger partial charge in [0.1, 0.15) is 17.4 Å². The molecule has 31 heavy (non-hydrogen) atoms. The van der Waals surface area contributed by atoms with E-state index in [2.05, 4.69) is 46.8 Å². The topological polar surface area (TPSA) is 42.4 Å². The summed E-state index contributed by atoms with van der Waals surface area (Å²) < 4.78 is 6.07. The number of ether oxygens (including phenoxy) is 1. The van der Waals surface area contributed by atoms with Crippen molar-refractivity contribution in [3.63, 3.8) is 0 Å². The number of aryl methyl sites for hydroxylation is 2. The zero-order valence-electron chi connectivity index (χ0n) is 19.1. The van der Waals surface area contributed by atoms with Crippen LogP contribution in [0.1, 0.15) is 53.2 Å². The molecule has 164 valence electrons. The summed E-state index contributed by atoms with van der Waals surface area (Å²) in [6, 6.07) is 14.3. The molecule has 0 fully saturated rings. The Kier molecular flexibility index (Phi) is 7.85. The molecule has 2 aromatic carbocycles. The highest BCUT2D eigenvalue weighted by molar-refractivity contribution is 7.09. The van der Waals surface area contributed by atoms with Crippen molar-refractivity contribution in [2.75, 3.05) is 0 Å². The van der Waals surface area contributed by atoms with Gasteiger partial charge in [-0.15, -0.1) is 11.3 Å². The van der Waals surface area contributed by atoms with E-state index in [0.717, 1.165) is 34.0 Å². The fourth-order valence-electron chi connectivity index (χ4n) is 3.53. The van der Waals surface area contributed by atoms with Gasteiger partial charge in [-0.1, -0.05) is 43.3 Å². The maximum absolute atomic E-state index is 13.0. The van der Waals surface area contributed by atoms with E-state index in [1.54, 1.807) is 11.3 Å². The van der Waals surface area contributed by atoms with E-state index in [-0.39, 0.29) is 11.9 Å². The molecule has 0 aliphatic rings. The molecule has 0 saturated heterocycles. The summed E-state index contributed by atoms with van der Waals surface area (Å²) >= 11 is 1.59. The largest absolute Gasteiger partial charge is 0.486 e. The number of thiazole rings is 1. The molecule has 0 radical (unpaired) electrons. The summed E-state index contributed by atoms with van der Waals surface area (Å²) in [6.45, 7) is 11.4. The van der Waals surface area contributed by atoms with Crippen LogP contribution in [0.15, 0.2) is 47.8 Å². The standard InChI is InChI=1S/C26H32N2O2S/c1-6-20(4)28(26(29)14-22-10-8-7-9-11-22)15-23-17-31-25(27-23)16-30-24-13-18(2)12-19(3)21(24)5/h7-13,17,20H,6,14-16H2,1-5H3/t20-/m0/s1. The molecular weight excluding hydrogens is 404 g/mol. The van der Waals surface area contributed by atoms with E-state index in [0.29, 0.717) is 19.6 Å². The van der Waals surface area contributed by atoms with Gasteiger partial charge in [0.2, 0.25) is 5.91 Å². The van der Waals surface area contributed by atoms with E-state index < -0.39 is 0 Å². The maximum atomic E-state index is 13.0. The second-order valence-corrected chi connectivity index (χ2v) is 9.11. The molecule has 1 heterocycles. The minimum Gasteiger partial charge on any atom is -0.486 e. The maximum Gasteiger partial charge on any atom is 0.227 e. The third kappa shape index (κ3) is 6.17. The average Bonchev–Trinajstić information content (AvgIpc) is 3.21. The van der Waals surface area contributed by atoms with Crippen LogP contribution in [0.5, 0.6) is 5.75 Å². The van der Waals surface area contributed by atoms with Crippen LogP contribution in [0.25, 0.3) is 0 Å². The number of nitrogens with zero attached hydrogens (tertiary/aromatic N) is 2. The Morgan fingerprint density at radius 2 is 1.90 bits per heavy atom. The molecule has 1 aromatic heterocycles. The molecule has 1 atom stereocenters. The first-order valence-corrected chi connectivity index (χ1v) is 11.7. The molecule has 0 aliphatic heterocycles. The van der Waals surface area contributed by atoms with Gasteiger partial charge in [0.05, 0.1) is 18.7 Å². The molecule has 0 saturated carbocycles. The van der Waals surface area contributed by atoms with Crippen molar-refractivity contribution in [3.8, 4) is 5.75 Å². The predicted molar refractivity (Wildman–Crippen MR) is 128 cm³/mol. The van der Waals surface area contributed by atoms with E-state index in [1.165, 1.54) is 11.1 Å². The highest BCUT2D eigenvalue weighted by Gasteiger charge is 2.21. The minimum atomic E-state index is 0.136. The third-order valence-electron chi connectivity index (χ3n) is 5.69. The first kappa shape index (κ1) is 23.0. The molecule has 0 N–H and O–H groups in total. The number of carbonyl (C=O) groups excluding carboxylic acids is 1. The molecule has 0 aliphatic carbocycles. The van der Waals surface area contributed by atoms with Crippen molar-refractivity contribution >= 4 is 17.2 Å². The van der Waals surface area contributed by atoms with E-state index in [4.69, 9.17) is 9.72 Å². The number of carbonyl (C=O) groups is 1. The van der Waals surface area contributed by atoms with Crippen LogP contribution in [-0.4, -0.2) is 21.8 Å². The second-order valence-electron chi connectivity index (χ2n) is 8.17. The van der Waals surface area contributed by atoms with Gasteiger partial charge >= 0.3 is 0 Å². The van der Waals surface area contributed by atoms with Gasteiger partial charge in [-0.05, 0) is 62.4 Å². The minimum absolute atomic E-state index is 0.136. The fourth-order valence-corrected chi connectivity index (χ4v) is 4.23. The summed E-state index contributed by atoms with van der Waals surface area (Å²) in [4.78, 5) is 19.7. The first-order chi connectivity index (χ1) is 14.9. The third-order valence-corrected chi connectivity index (χ3v) is 6.56. The molecule has 4 nitrogen and oxygen atoms in total. The molecule has 0 spiro atoms. The second kappa shape index (κ2) is 10.6. The summed E-state index contributed by atoms with van der Waals surface area (Å²) in [6.07, 6.45) is 1.32. The van der Waals surface area contributed by atoms with Crippen LogP contribution < -0.4 is 4.74 Å². The summed E-state index contributed by atoms with van der Waals surface area (Å²) in [5.74, 6) is 1.05. The van der Waals surface area contributed by atoms with Crippen molar-refractivity contribution in [3.05, 3.63) is 80.8 Å². The van der Waals surface area contributed by atoms with Crippen molar-refractivity contribution < 1.29 is 9.53 Å². The van der Waals surface area contributed by atoms with E-state index >= 15 is 0 Å². The average molecular weight is 437 g/mol. The summed E-state index contributed by atoms with van der Waals surface area (Å²) in [7, 11) is 0. The van der Waals surface area contributed by atoms with Crippen LogP contribution >= 0.6 is 11.3 Å². The number of aromatic nitrogens is 1. The van der Waals surface area contributed by atoms with E-state index in [1.807, 2.05) is 40.6 Å².